The Hall–Kier alpha value is -2.04. The van der Waals surface area contributed by atoms with E-state index in [1.165, 1.54) is 0 Å². The lowest BCUT2D eigenvalue weighted by Crippen LogP contribution is -2.43. The largest absolute Gasteiger partial charge is 0.497 e. The number of hydrogen-bond donors (Lipinski definition) is 1. The van der Waals surface area contributed by atoms with Crippen molar-refractivity contribution >= 4 is 11.6 Å². The van der Waals surface area contributed by atoms with Gasteiger partial charge in [-0.1, -0.05) is 24.2 Å². The van der Waals surface area contributed by atoms with Crippen molar-refractivity contribution in [1.29, 1.82) is 0 Å². The van der Waals surface area contributed by atoms with Gasteiger partial charge in [0.15, 0.2) is 0 Å². The summed E-state index contributed by atoms with van der Waals surface area (Å²) in [5.41, 5.74) is 1.92. The average molecular weight is 290 g/mol. The van der Waals surface area contributed by atoms with Gasteiger partial charge in [-0.25, -0.2) is 0 Å². The second-order valence-corrected chi connectivity index (χ2v) is 5.43. The number of hydrogen-bond acceptors (Lipinski definition) is 4. The molecule has 1 heterocycles. The van der Waals surface area contributed by atoms with Gasteiger partial charge in [0, 0.05) is 31.8 Å². The Morgan fingerprint density at radius 2 is 2.14 bits per heavy atom. The Morgan fingerprint density at radius 3 is 2.71 bits per heavy atom. The van der Waals surface area contributed by atoms with Crippen LogP contribution in [0.1, 0.15) is 25.3 Å². The van der Waals surface area contributed by atoms with Crippen LogP contribution in [0.5, 0.6) is 5.75 Å². The summed E-state index contributed by atoms with van der Waals surface area (Å²) >= 11 is 0. The molecule has 21 heavy (non-hydrogen) atoms. The van der Waals surface area contributed by atoms with Crippen molar-refractivity contribution in [3.8, 4) is 5.75 Å². The summed E-state index contributed by atoms with van der Waals surface area (Å²) in [4.78, 5) is 14.1. The number of amides is 1. The molecule has 0 saturated carbocycles. The standard InChI is InChI=1S/C16H22N2O3/c1-12-11-18(10-9-15(12)17-20)16(19)8-5-13-3-6-14(21-2)7-4-13/h3-4,6-7,12,20H,5,8-11H2,1-2H3/b17-15-. The van der Waals surface area contributed by atoms with E-state index in [0.29, 0.717) is 25.9 Å². The van der Waals surface area contributed by atoms with Crippen molar-refractivity contribution in [2.24, 2.45) is 11.1 Å². The van der Waals surface area contributed by atoms with E-state index in [1.807, 2.05) is 36.1 Å². The third-order valence-electron chi connectivity index (χ3n) is 3.97. The van der Waals surface area contributed by atoms with Gasteiger partial charge in [-0.15, -0.1) is 0 Å². The zero-order valence-electron chi connectivity index (χ0n) is 12.6. The SMILES string of the molecule is COc1ccc(CCC(=O)N2CC/C(=N/O)C(C)C2)cc1. The molecule has 5 nitrogen and oxygen atoms in total. The zero-order chi connectivity index (χ0) is 15.2. The number of rotatable bonds is 4. The Kier molecular flexibility index (Phi) is 5.20. The van der Waals surface area contributed by atoms with Crippen LogP contribution < -0.4 is 4.74 Å². The van der Waals surface area contributed by atoms with E-state index < -0.39 is 0 Å². The predicted molar refractivity (Wildman–Crippen MR) is 80.9 cm³/mol. The fourth-order valence-electron chi connectivity index (χ4n) is 2.60. The fourth-order valence-corrected chi connectivity index (χ4v) is 2.60. The van der Waals surface area contributed by atoms with Crippen LogP contribution in [0.25, 0.3) is 0 Å². The number of oxime groups is 1. The summed E-state index contributed by atoms with van der Waals surface area (Å²) in [5.74, 6) is 1.12. The molecule has 1 saturated heterocycles. The number of carbonyl (C=O) groups is 1. The highest BCUT2D eigenvalue weighted by molar-refractivity contribution is 5.89. The number of piperidine rings is 1. The van der Waals surface area contributed by atoms with Crippen LogP contribution in [0, 0.1) is 5.92 Å². The summed E-state index contributed by atoms with van der Waals surface area (Å²) in [6.45, 7) is 3.27. The van der Waals surface area contributed by atoms with Crippen LogP contribution in [0.3, 0.4) is 0 Å². The molecule has 1 aliphatic heterocycles. The van der Waals surface area contributed by atoms with E-state index in [4.69, 9.17) is 9.94 Å². The van der Waals surface area contributed by atoms with Gasteiger partial charge in [-0.3, -0.25) is 4.79 Å². The highest BCUT2D eigenvalue weighted by Gasteiger charge is 2.25. The van der Waals surface area contributed by atoms with E-state index in [1.54, 1.807) is 7.11 Å². The molecule has 0 aromatic heterocycles. The molecule has 1 unspecified atom stereocenters. The molecule has 0 radical (unpaired) electrons. The second kappa shape index (κ2) is 7.11. The smallest absolute Gasteiger partial charge is 0.222 e. The van der Waals surface area contributed by atoms with Gasteiger partial charge in [0.05, 0.1) is 12.8 Å². The monoisotopic (exact) mass is 290 g/mol. The minimum absolute atomic E-state index is 0.133. The number of methoxy groups -OCH3 is 1. The van der Waals surface area contributed by atoms with Gasteiger partial charge < -0.3 is 14.8 Å². The molecule has 0 bridgehead atoms. The van der Waals surface area contributed by atoms with Gasteiger partial charge in [-0.2, -0.15) is 0 Å². The van der Waals surface area contributed by atoms with Gasteiger partial charge in [0.25, 0.3) is 0 Å². The molecule has 5 heteroatoms. The fraction of sp³-hybridized carbons (Fsp3) is 0.500. The van der Waals surface area contributed by atoms with Crippen LogP contribution in [-0.4, -0.2) is 41.9 Å². The molecule has 1 aromatic carbocycles. The average Bonchev–Trinajstić information content (AvgIpc) is 2.53. The van der Waals surface area contributed by atoms with Crippen LogP contribution in [0.2, 0.25) is 0 Å². The molecule has 2 rings (SSSR count). The maximum absolute atomic E-state index is 12.2. The Morgan fingerprint density at radius 1 is 1.43 bits per heavy atom. The third-order valence-corrected chi connectivity index (χ3v) is 3.97. The molecule has 114 valence electrons. The molecular formula is C16H22N2O3. The number of aryl methyl sites for hydroxylation is 1. The maximum Gasteiger partial charge on any atom is 0.222 e. The molecule has 1 atom stereocenters. The summed E-state index contributed by atoms with van der Waals surface area (Å²) in [5, 5.41) is 12.2. The topological polar surface area (TPSA) is 62.1 Å². The zero-order valence-corrected chi connectivity index (χ0v) is 12.6. The van der Waals surface area contributed by atoms with Crippen molar-refractivity contribution in [3.05, 3.63) is 29.8 Å². The first-order valence-corrected chi connectivity index (χ1v) is 7.25. The van der Waals surface area contributed by atoms with Gasteiger partial charge >= 0.3 is 0 Å². The van der Waals surface area contributed by atoms with Crippen molar-refractivity contribution in [2.45, 2.75) is 26.2 Å². The minimum atomic E-state index is 0.133. The van der Waals surface area contributed by atoms with Crippen LogP contribution >= 0.6 is 0 Å². The van der Waals surface area contributed by atoms with Gasteiger partial charge in [-0.05, 0) is 24.1 Å². The number of ether oxygens (including phenoxy) is 1. The summed E-state index contributed by atoms with van der Waals surface area (Å²) < 4.78 is 5.12. The normalized spacial score (nSPS) is 20.6. The Labute approximate surface area is 125 Å². The number of likely N-dealkylation sites (tertiary alicyclic amines) is 1. The Balaban J connectivity index is 1.84. The highest BCUT2D eigenvalue weighted by Crippen LogP contribution is 2.16. The molecule has 0 spiro atoms. The van der Waals surface area contributed by atoms with Crippen molar-refractivity contribution in [1.82, 2.24) is 4.90 Å². The van der Waals surface area contributed by atoms with E-state index in [0.717, 1.165) is 23.4 Å². The van der Waals surface area contributed by atoms with Gasteiger partial charge in [0.2, 0.25) is 5.91 Å². The molecule has 1 amide bonds. The highest BCUT2D eigenvalue weighted by atomic mass is 16.5. The summed E-state index contributed by atoms with van der Waals surface area (Å²) in [6, 6.07) is 7.79. The summed E-state index contributed by atoms with van der Waals surface area (Å²) in [6.07, 6.45) is 1.89. The first-order chi connectivity index (χ1) is 10.1. The van der Waals surface area contributed by atoms with Crippen molar-refractivity contribution in [2.75, 3.05) is 20.2 Å². The molecule has 1 fully saturated rings. The maximum atomic E-state index is 12.2. The third kappa shape index (κ3) is 3.97. The number of nitrogens with zero attached hydrogens (tertiary/aromatic N) is 2. The first kappa shape index (κ1) is 15.4. The lowest BCUT2D eigenvalue weighted by Gasteiger charge is -2.31. The van der Waals surface area contributed by atoms with Crippen LogP contribution in [0.4, 0.5) is 0 Å². The Bertz CT molecular complexity index is 511. The van der Waals surface area contributed by atoms with E-state index in [-0.39, 0.29) is 11.8 Å². The first-order valence-electron chi connectivity index (χ1n) is 7.25. The van der Waals surface area contributed by atoms with Crippen LogP contribution in [-0.2, 0) is 11.2 Å². The molecule has 1 aromatic rings. The van der Waals surface area contributed by atoms with Gasteiger partial charge in [0.1, 0.15) is 5.75 Å². The van der Waals surface area contributed by atoms with E-state index >= 15 is 0 Å². The van der Waals surface area contributed by atoms with Crippen LogP contribution in [0.15, 0.2) is 29.4 Å². The van der Waals surface area contributed by atoms with Crippen molar-refractivity contribution < 1.29 is 14.7 Å². The second-order valence-electron chi connectivity index (χ2n) is 5.43. The summed E-state index contributed by atoms with van der Waals surface area (Å²) in [7, 11) is 1.64. The molecule has 0 aliphatic carbocycles. The van der Waals surface area contributed by atoms with E-state index in [2.05, 4.69) is 5.16 Å². The molecule has 1 aliphatic rings. The lowest BCUT2D eigenvalue weighted by molar-refractivity contribution is -0.131. The van der Waals surface area contributed by atoms with Crippen molar-refractivity contribution in [3.63, 3.8) is 0 Å². The van der Waals surface area contributed by atoms with E-state index in [9.17, 15) is 4.79 Å². The predicted octanol–water partition coefficient (Wildman–Crippen LogP) is 2.33. The number of carbonyl (C=O) groups excluding carboxylic acids is 1. The minimum Gasteiger partial charge on any atom is -0.497 e. The number of benzene rings is 1. The quantitative estimate of drug-likeness (QED) is 0.684. The molecular weight excluding hydrogens is 268 g/mol. The lowest BCUT2D eigenvalue weighted by atomic mass is 9.97. The molecule has 1 N–H and O–H groups in total.